The second kappa shape index (κ2) is 5.98. The number of nitrogens with one attached hydrogen (secondary N) is 1. The third kappa shape index (κ3) is 2.76. The summed E-state index contributed by atoms with van der Waals surface area (Å²) in [5.74, 6) is 0.385. The number of amides is 1. The number of likely N-dealkylation sites (tertiary alicyclic amines) is 1. The van der Waals surface area contributed by atoms with E-state index >= 15 is 0 Å². The highest BCUT2D eigenvalue weighted by molar-refractivity contribution is 5.85. The topological polar surface area (TPSA) is 52.6 Å². The summed E-state index contributed by atoms with van der Waals surface area (Å²) in [6.07, 6.45) is 6.77. The Balaban J connectivity index is 0.00000133. The molecule has 3 aliphatic rings. The van der Waals surface area contributed by atoms with Gasteiger partial charge in [0.05, 0.1) is 11.5 Å². The predicted octanol–water partition coefficient (Wildman–Crippen LogP) is 1.31. The highest BCUT2D eigenvalue weighted by atomic mass is 35.5. The first-order valence-electron chi connectivity index (χ1n) is 7.41. The maximum atomic E-state index is 12.7. The van der Waals surface area contributed by atoms with Crippen LogP contribution < -0.4 is 5.32 Å². The molecule has 1 spiro atoms. The number of aliphatic hydroxyl groups excluding tert-OH is 1. The van der Waals surface area contributed by atoms with Gasteiger partial charge in [-0.25, -0.2) is 0 Å². The van der Waals surface area contributed by atoms with E-state index in [2.05, 4.69) is 10.2 Å². The van der Waals surface area contributed by atoms with Crippen molar-refractivity contribution in [3.05, 3.63) is 0 Å². The van der Waals surface area contributed by atoms with Crippen LogP contribution in [0.2, 0.25) is 0 Å². The zero-order valence-electron chi connectivity index (χ0n) is 11.4. The van der Waals surface area contributed by atoms with E-state index in [1.54, 1.807) is 0 Å². The zero-order valence-corrected chi connectivity index (χ0v) is 12.3. The van der Waals surface area contributed by atoms with Gasteiger partial charge in [-0.05, 0) is 51.5 Å². The fraction of sp³-hybridized carbons (Fsp3) is 0.929. The molecule has 1 atom stereocenters. The van der Waals surface area contributed by atoms with Crippen LogP contribution in [-0.2, 0) is 4.79 Å². The fourth-order valence-electron chi connectivity index (χ4n) is 3.93. The summed E-state index contributed by atoms with van der Waals surface area (Å²) >= 11 is 0. The van der Waals surface area contributed by atoms with Crippen molar-refractivity contribution in [1.82, 2.24) is 10.2 Å². The molecular formula is C14H25ClN2O2. The quantitative estimate of drug-likeness (QED) is 0.765. The molecular weight excluding hydrogens is 264 g/mol. The van der Waals surface area contributed by atoms with E-state index in [-0.39, 0.29) is 23.9 Å². The zero-order chi connectivity index (χ0) is 12.6. The van der Waals surface area contributed by atoms with Gasteiger partial charge in [-0.15, -0.1) is 12.4 Å². The smallest absolute Gasteiger partial charge is 0.230 e. The summed E-state index contributed by atoms with van der Waals surface area (Å²) in [7, 11) is 0. The first-order valence-corrected chi connectivity index (χ1v) is 7.41. The monoisotopic (exact) mass is 288 g/mol. The van der Waals surface area contributed by atoms with Crippen LogP contribution >= 0.6 is 12.4 Å². The van der Waals surface area contributed by atoms with Crippen LogP contribution in [0.3, 0.4) is 0 Å². The molecule has 0 radical (unpaired) electrons. The molecule has 1 amide bonds. The number of halogens is 1. The summed E-state index contributed by atoms with van der Waals surface area (Å²) < 4.78 is 0. The van der Waals surface area contributed by atoms with Gasteiger partial charge in [-0.2, -0.15) is 0 Å². The van der Waals surface area contributed by atoms with Crippen molar-refractivity contribution < 1.29 is 9.90 Å². The Morgan fingerprint density at radius 2 is 1.95 bits per heavy atom. The van der Waals surface area contributed by atoms with Gasteiger partial charge in [0.25, 0.3) is 0 Å². The van der Waals surface area contributed by atoms with E-state index in [1.807, 2.05) is 0 Å². The number of piperidine rings is 1. The molecule has 0 aromatic carbocycles. The molecule has 2 N–H and O–H groups in total. The molecule has 0 aromatic rings. The number of carbonyl (C=O) groups excluding carboxylic acids is 1. The van der Waals surface area contributed by atoms with Crippen LogP contribution in [0.4, 0.5) is 0 Å². The average molecular weight is 289 g/mol. The Kier molecular flexibility index (Phi) is 4.75. The van der Waals surface area contributed by atoms with Gasteiger partial charge in [0.1, 0.15) is 0 Å². The summed E-state index contributed by atoms with van der Waals surface area (Å²) in [5.41, 5.74) is -0.0890. The second-order valence-electron chi connectivity index (χ2n) is 6.27. The number of rotatable bonds is 1. The van der Waals surface area contributed by atoms with E-state index in [1.165, 1.54) is 0 Å². The first-order chi connectivity index (χ1) is 8.71. The molecule has 0 bridgehead atoms. The Morgan fingerprint density at radius 3 is 2.58 bits per heavy atom. The largest absolute Gasteiger partial charge is 0.393 e. The van der Waals surface area contributed by atoms with Gasteiger partial charge in [0.2, 0.25) is 5.91 Å². The van der Waals surface area contributed by atoms with E-state index in [0.717, 1.165) is 64.6 Å². The Bertz CT molecular complexity index is 323. The number of hydrogen-bond acceptors (Lipinski definition) is 3. The summed E-state index contributed by atoms with van der Waals surface area (Å²) in [5, 5.41) is 13.0. The van der Waals surface area contributed by atoms with Crippen molar-refractivity contribution >= 4 is 18.3 Å². The van der Waals surface area contributed by atoms with Crippen LogP contribution in [0.25, 0.3) is 0 Å². The van der Waals surface area contributed by atoms with E-state index in [4.69, 9.17) is 0 Å². The fourth-order valence-corrected chi connectivity index (χ4v) is 3.93. The molecule has 1 unspecified atom stereocenters. The van der Waals surface area contributed by atoms with Gasteiger partial charge < -0.3 is 15.3 Å². The minimum atomic E-state index is -0.135. The molecule has 2 saturated heterocycles. The van der Waals surface area contributed by atoms with Gasteiger partial charge in [0.15, 0.2) is 0 Å². The van der Waals surface area contributed by atoms with Crippen molar-refractivity contribution in [3.63, 3.8) is 0 Å². The van der Waals surface area contributed by atoms with Crippen molar-refractivity contribution in [2.24, 2.45) is 5.41 Å². The molecule has 110 valence electrons. The lowest BCUT2D eigenvalue weighted by molar-refractivity contribution is -0.139. The second-order valence-corrected chi connectivity index (χ2v) is 6.27. The van der Waals surface area contributed by atoms with Crippen molar-refractivity contribution in [2.75, 3.05) is 19.6 Å². The van der Waals surface area contributed by atoms with Crippen LogP contribution in [0.15, 0.2) is 0 Å². The Hall–Kier alpha value is -0.320. The number of aliphatic hydroxyl groups is 1. The maximum absolute atomic E-state index is 12.7. The standard InChI is InChI=1S/C14H24N2O2.ClH/c17-12-4-2-11(3-5-12)16-9-7-14(13(16)18)6-1-8-15-10-14;/h11-12,15,17H,1-10H2;1H/t11-,12+,14?;. The molecule has 0 aromatic heterocycles. The average Bonchev–Trinajstić information content (AvgIpc) is 2.70. The highest BCUT2D eigenvalue weighted by Crippen LogP contribution is 2.40. The molecule has 3 rings (SSSR count). The van der Waals surface area contributed by atoms with Crippen LogP contribution in [0.5, 0.6) is 0 Å². The molecule has 5 heteroatoms. The SMILES string of the molecule is Cl.O=C1N([C@H]2CC[C@@H](O)CC2)CCC12CCCNC2. The van der Waals surface area contributed by atoms with Crippen LogP contribution in [0.1, 0.15) is 44.9 Å². The van der Waals surface area contributed by atoms with Crippen LogP contribution in [0, 0.1) is 5.41 Å². The third-order valence-electron chi connectivity index (χ3n) is 5.13. The van der Waals surface area contributed by atoms with Gasteiger partial charge >= 0.3 is 0 Å². The van der Waals surface area contributed by atoms with Gasteiger partial charge in [-0.1, -0.05) is 0 Å². The Labute approximate surface area is 121 Å². The molecule has 19 heavy (non-hydrogen) atoms. The lowest BCUT2D eigenvalue weighted by atomic mass is 9.79. The van der Waals surface area contributed by atoms with Gasteiger partial charge in [-0.3, -0.25) is 4.79 Å². The van der Waals surface area contributed by atoms with E-state index in [9.17, 15) is 9.90 Å². The van der Waals surface area contributed by atoms with Crippen molar-refractivity contribution in [3.8, 4) is 0 Å². The summed E-state index contributed by atoms with van der Waals surface area (Å²) in [6.45, 7) is 2.86. The van der Waals surface area contributed by atoms with E-state index in [0.29, 0.717) is 11.9 Å². The minimum absolute atomic E-state index is 0. The summed E-state index contributed by atoms with van der Waals surface area (Å²) in [4.78, 5) is 14.8. The summed E-state index contributed by atoms with van der Waals surface area (Å²) in [6, 6.07) is 0.391. The molecule has 1 aliphatic carbocycles. The molecule has 4 nitrogen and oxygen atoms in total. The van der Waals surface area contributed by atoms with Crippen molar-refractivity contribution in [2.45, 2.75) is 57.1 Å². The normalized spacial score (nSPS) is 39.4. The lowest BCUT2D eigenvalue weighted by Gasteiger charge is -2.36. The number of carbonyl (C=O) groups is 1. The predicted molar refractivity (Wildman–Crippen MR) is 76.4 cm³/mol. The molecule has 2 aliphatic heterocycles. The molecule has 1 saturated carbocycles. The lowest BCUT2D eigenvalue weighted by Crippen LogP contribution is -2.48. The Morgan fingerprint density at radius 1 is 1.21 bits per heavy atom. The first kappa shape index (κ1) is 15.1. The molecule has 2 heterocycles. The third-order valence-corrected chi connectivity index (χ3v) is 5.13. The van der Waals surface area contributed by atoms with Crippen molar-refractivity contribution in [1.29, 1.82) is 0 Å². The van der Waals surface area contributed by atoms with Gasteiger partial charge in [0, 0.05) is 19.1 Å². The minimum Gasteiger partial charge on any atom is -0.393 e. The number of hydrogen-bond donors (Lipinski definition) is 2. The van der Waals surface area contributed by atoms with Crippen LogP contribution in [-0.4, -0.2) is 47.7 Å². The van der Waals surface area contributed by atoms with E-state index < -0.39 is 0 Å². The highest BCUT2D eigenvalue weighted by Gasteiger charge is 2.48. The maximum Gasteiger partial charge on any atom is 0.230 e. The number of nitrogens with zero attached hydrogens (tertiary/aromatic N) is 1. The molecule has 3 fully saturated rings.